The zero-order valence-corrected chi connectivity index (χ0v) is 41.9. The van der Waals surface area contributed by atoms with Crippen molar-refractivity contribution >= 4 is 17.9 Å². The first kappa shape index (κ1) is 60.2. The molecular weight excluding hydrogens is 769 g/mol. The lowest BCUT2D eigenvalue weighted by Gasteiger charge is -2.18. The second-order valence-corrected chi connectivity index (χ2v) is 18.9. The summed E-state index contributed by atoms with van der Waals surface area (Å²) >= 11 is 0. The van der Waals surface area contributed by atoms with Gasteiger partial charge in [0.25, 0.3) is 0 Å². The van der Waals surface area contributed by atoms with Crippen molar-refractivity contribution in [1.29, 1.82) is 0 Å². The van der Waals surface area contributed by atoms with Gasteiger partial charge in [-0.1, -0.05) is 258 Å². The molecule has 366 valence electrons. The Morgan fingerprint density at radius 1 is 0.306 bits per heavy atom. The Kier molecular flexibility index (Phi) is 50.2. The van der Waals surface area contributed by atoms with Crippen LogP contribution in [0, 0.1) is 0 Å². The topological polar surface area (TPSA) is 78.9 Å². The predicted molar refractivity (Wildman–Crippen MR) is 266 cm³/mol. The van der Waals surface area contributed by atoms with E-state index in [9.17, 15) is 14.4 Å². The van der Waals surface area contributed by atoms with Crippen LogP contribution in [0.3, 0.4) is 0 Å². The van der Waals surface area contributed by atoms with Crippen LogP contribution >= 0.6 is 0 Å². The summed E-state index contributed by atoms with van der Waals surface area (Å²) in [7, 11) is 0. The lowest BCUT2D eigenvalue weighted by Crippen LogP contribution is -2.30. The van der Waals surface area contributed by atoms with Gasteiger partial charge in [-0.3, -0.25) is 14.4 Å². The monoisotopic (exact) mass is 875 g/mol. The van der Waals surface area contributed by atoms with E-state index in [1.807, 2.05) is 0 Å². The second-order valence-electron chi connectivity index (χ2n) is 18.9. The molecule has 0 saturated carbocycles. The summed E-state index contributed by atoms with van der Waals surface area (Å²) in [6, 6.07) is 0. The Bertz CT molecular complexity index is 962. The SMILES string of the molecule is CCCCCC/C=C\CCCCCCCC(=O)OC(COC(=O)CCCCCCCCCC)COC(=O)CCCCCCCCCCCCCCCCCCCCCCCCC. The maximum Gasteiger partial charge on any atom is 0.306 e. The first-order chi connectivity index (χ1) is 30.5. The molecule has 6 nitrogen and oxygen atoms in total. The molecule has 0 bridgehead atoms. The highest BCUT2D eigenvalue weighted by molar-refractivity contribution is 5.71. The largest absolute Gasteiger partial charge is 0.462 e. The van der Waals surface area contributed by atoms with E-state index in [1.165, 1.54) is 205 Å². The fraction of sp³-hybridized carbons (Fsp3) is 0.911. The van der Waals surface area contributed by atoms with Gasteiger partial charge >= 0.3 is 17.9 Å². The fourth-order valence-corrected chi connectivity index (χ4v) is 8.32. The van der Waals surface area contributed by atoms with Gasteiger partial charge in [0.15, 0.2) is 6.10 Å². The fourth-order valence-electron chi connectivity index (χ4n) is 8.32. The minimum atomic E-state index is -0.767. The lowest BCUT2D eigenvalue weighted by atomic mass is 10.0. The van der Waals surface area contributed by atoms with Gasteiger partial charge in [0.1, 0.15) is 13.2 Å². The van der Waals surface area contributed by atoms with E-state index in [0.717, 1.165) is 64.2 Å². The highest BCUT2D eigenvalue weighted by Crippen LogP contribution is 2.17. The maximum atomic E-state index is 12.8. The van der Waals surface area contributed by atoms with Crippen molar-refractivity contribution in [3.05, 3.63) is 12.2 Å². The minimum absolute atomic E-state index is 0.0684. The molecule has 0 aromatic rings. The number of ether oxygens (including phenoxy) is 3. The highest BCUT2D eigenvalue weighted by Gasteiger charge is 2.19. The number of hydrogen-bond donors (Lipinski definition) is 0. The molecule has 6 heteroatoms. The van der Waals surface area contributed by atoms with Crippen LogP contribution in [-0.2, 0) is 28.6 Å². The van der Waals surface area contributed by atoms with Crippen LogP contribution in [0.4, 0.5) is 0 Å². The Morgan fingerprint density at radius 3 is 0.823 bits per heavy atom. The molecule has 0 aromatic heterocycles. The van der Waals surface area contributed by atoms with Crippen molar-refractivity contribution in [2.75, 3.05) is 13.2 Å². The Hall–Kier alpha value is -1.85. The Balaban J connectivity index is 4.12. The molecule has 0 heterocycles. The van der Waals surface area contributed by atoms with E-state index in [0.29, 0.717) is 19.3 Å². The van der Waals surface area contributed by atoms with E-state index in [1.54, 1.807) is 0 Å². The molecule has 0 aliphatic heterocycles. The van der Waals surface area contributed by atoms with Gasteiger partial charge in [0.05, 0.1) is 0 Å². The molecular formula is C56H106O6. The standard InChI is InChI=1S/C56H106O6/c1-4-7-10-13-16-19-21-23-24-25-26-27-28-29-30-31-32-34-35-37-40-43-46-49-55(58)61-52-53(51-60-54(57)48-45-42-39-18-15-12-9-6-3)62-56(59)50-47-44-41-38-36-33-22-20-17-14-11-8-5-2/h20,22,53H,4-19,21,23-52H2,1-3H3/b22-20-. The van der Waals surface area contributed by atoms with Crippen molar-refractivity contribution in [2.45, 2.75) is 316 Å². The summed E-state index contributed by atoms with van der Waals surface area (Å²) in [5.74, 6) is -0.864. The van der Waals surface area contributed by atoms with E-state index in [4.69, 9.17) is 14.2 Å². The molecule has 0 aliphatic rings. The summed E-state index contributed by atoms with van der Waals surface area (Å²) in [5, 5.41) is 0. The van der Waals surface area contributed by atoms with Gasteiger partial charge in [-0.05, 0) is 44.9 Å². The summed E-state index contributed by atoms with van der Waals surface area (Å²) in [6.45, 7) is 6.63. The molecule has 0 rings (SSSR count). The number of hydrogen-bond acceptors (Lipinski definition) is 6. The van der Waals surface area contributed by atoms with E-state index in [2.05, 4.69) is 32.9 Å². The lowest BCUT2D eigenvalue weighted by molar-refractivity contribution is -0.167. The maximum absolute atomic E-state index is 12.8. The number of rotatable bonds is 51. The van der Waals surface area contributed by atoms with Crippen molar-refractivity contribution < 1.29 is 28.6 Å². The third kappa shape index (κ3) is 49.2. The summed E-state index contributed by atoms with van der Waals surface area (Å²) in [6.07, 6.45) is 57.9. The quantitative estimate of drug-likeness (QED) is 0.0262. The molecule has 0 aliphatic carbocycles. The normalized spacial score (nSPS) is 12.0. The molecule has 0 saturated heterocycles. The van der Waals surface area contributed by atoms with E-state index < -0.39 is 6.10 Å². The van der Waals surface area contributed by atoms with Gasteiger partial charge in [-0.2, -0.15) is 0 Å². The highest BCUT2D eigenvalue weighted by atomic mass is 16.6. The van der Waals surface area contributed by atoms with Crippen molar-refractivity contribution in [3.8, 4) is 0 Å². The first-order valence-corrected chi connectivity index (χ1v) is 27.7. The molecule has 0 fully saturated rings. The smallest absolute Gasteiger partial charge is 0.306 e. The van der Waals surface area contributed by atoms with Gasteiger partial charge in [0, 0.05) is 19.3 Å². The van der Waals surface area contributed by atoms with Gasteiger partial charge in [0.2, 0.25) is 0 Å². The number of carbonyl (C=O) groups excluding carboxylic acids is 3. The van der Waals surface area contributed by atoms with Crippen LogP contribution in [0.15, 0.2) is 12.2 Å². The third-order valence-corrected chi connectivity index (χ3v) is 12.5. The van der Waals surface area contributed by atoms with Crippen LogP contribution in [0.5, 0.6) is 0 Å². The average Bonchev–Trinajstić information content (AvgIpc) is 3.27. The molecule has 0 amide bonds. The molecule has 1 unspecified atom stereocenters. The van der Waals surface area contributed by atoms with Crippen molar-refractivity contribution in [2.24, 2.45) is 0 Å². The van der Waals surface area contributed by atoms with E-state index in [-0.39, 0.29) is 31.1 Å². The van der Waals surface area contributed by atoms with Crippen LogP contribution in [-0.4, -0.2) is 37.2 Å². The molecule has 0 N–H and O–H groups in total. The van der Waals surface area contributed by atoms with E-state index >= 15 is 0 Å². The molecule has 1 atom stereocenters. The average molecular weight is 875 g/mol. The number of allylic oxidation sites excluding steroid dienone is 2. The molecule has 0 radical (unpaired) electrons. The first-order valence-electron chi connectivity index (χ1n) is 27.7. The number of unbranched alkanes of at least 4 members (excludes halogenated alkanes) is 38. The molecule has 0 aromatic carbocycles. The summed E-state index contributed by atoms with van der Waals surface area (Å²) in [5.41, 5.74) is 0. The predicted octanol–water partition coefficient (Wildman–Crippen LogP) is 18.2. The Labute approximate surface area is 386 Å². The van der Waals surface area contributed by atoms with Gasteiger partial charge in [-0.15, -0.1) is 0 Å². The van der Waals surface area contributed by atoms with Crippen LogP contribution in [0.2, 0.25) is 0 Å². The van der Waals surface area contributed by atoms with Gasteiger partial charge < -0.3 is 14.2 Å². The van der Waals surface area contributed by atoms with Crippen molar-refractivity contribution in [3.63, 3.8) is 0 Å². The van der Waals surface area contributed by atoms with Crippen molar-refractivity contribution in [1.82, 2.24) is 0 Å². The third-order valence-electron chi connectivity index (χ3n) is 12.5. The molecule has 0 spiro atoms. The van der Waals surface area contributed by atoms with Crippen LogP contribution in [0.1, 0.15) is 310 Å². The van der Waals surface area contributed by atoms with Crippen LogP contribution < -0.4 is 0 Å². The Morgan fingerprint density at radius 2 is 0.532 bits per heavy atom. The summed E-state index contributed by atoms with van der Waals surface area (Å²) in [4.78, 5) is 37.9. The number of carbonyl (C=O) groups is 3. The van der Waals surface area contributed by atoms with Crippen LogP contribution in [0.25, 0.3) is 0 Å². The minimum Gasteiger partial charge on any atom is -0.462 e. The number of esters is 3. The summed E-state index contributed by atoms with van der Waals surface area (Å²) < 4.78 is 16.8. The molecule has 62 heavy (non-hydrogen) atoms. The second kappa shape index (κ2) is 51.8. The zero-order valence-electron chi connectivity index (χ0n) is 41.9. The van der Waals surface area contributed by atoms with Gasteiger partial charge in [-0.25, -0.2) is 0 Å². The zero-order chi connectivity index (χ0) is 45.1.